The van der Waals surface area contributed by atoms with Crippen molar-refractivity contribution < 1.29 is 14.3 Å². The third-order valence-corrected chi connectivity index (χ3v) is 5.32. The van der Waals surface area contributed by atoms with Crippen molar-refractivity contribution in [1.82, 2.24) is 4.90 Å². The van der Waals surface area contributed by atoms with Gasteiger partial charge in [0, 0.05) is 19.2 Å². The zero-order chi connectivity index (χ0) is 18.6. The Morgan fingerprint density at radius 2 is 1.81 bits per heavy atom. The monoisotopic (exact) mass is 363 g/mol. The van der Waals surface area contributed by atoms with Gasteiger partial charge in [0.2, 0.25) is 5.91 Å². The second-order valence-electron chi connectivity index (χ2n) is 7.24. The molecule has 2 aliphatic rings. The van der Waals surface area contributed by atoms with Crippen LogP contribution in [0.5, 0.6) is 11.5 Å². The fourth-order valence-electron chi connectivity index (χ4n) is 3.84. The molecule has 1 aliphatic heterocycles. The number of rotatable bonds is 6. The van der Waals surface area contributed by atoms with E-state index in [0.717, 1.165) is 41.0 Å². The molecule has 1 fully saturated rings. The minimum absolute atomic E-state index is 0.0583. The Hall–Kier alpha value is -2.75. The number of hydrogen-bond acceptors (Lipinski definition) is 3. The highest BCUT2D eigenvalue weighted by atomic mass is 16.5. The summed E-state index contributed by atoms with van der Waals surface area (Å²) in [7, 11) is 1.66. The predicted octanol–water partition coefficient (Wildman–Crippen LogP) is 4.44. The molecule has 2 aromatic rings. The number of nitrogens with zero attached hydrogens (tertiary/aromatic N) is 1. The Morgan fingerprint density at radius 3 is 2.56 bits per heavy atom. The lowest BCUT2D eigenvalue weighted by Crippen LogP contribution is -2.25. The van der Waals surface area contributed by atoms with Gasteiger partial charge in [0.05, 0.1) is 13.2 Å². The van der Waals surface area contributed by atoms with Crippen LogP contribution in [-0.4, -0.2) is 30.6 Å². The van der Waals surface area contributed by atoms with E-state index in [1.165, 1.54) is 12.8 Å². The zero-order valence-corrected chi connectivity index (χ0v) is 15.7. The molecule has 0 unspecified atom stereocenters. The van der Waals surface area contributed by atoms with E-state index < -0.39 is 0 Å². The van der Waals surface area contributed by atoms with Crippen molar-refractivity contribution in [3.8, 4) is 11.5 Å². The van der Waals surface area contributed by atoms with Gasteiger partial charge in [-0.15, -0.1) is 0 Å². The SMILES string of the molecule is COc1ccc(C2=CC(=O)N(Cc3ccccc3)C2)cc1OC1CCCC1. The van der Waals surface area contributed by atoms with E-state index in [-0.39, 0.29) is 12.0 Å². The molecule has 2 aromatic carbocycles. The van der Waals surface area contributed by atoms with Crippen LogP contribution in [0.15, 0.2) is 54.6 Å². The third kappa shape index (κ3) is 4.00. The molecule has 0 radical (unpaired) electrons. The summed E-state index contributed by atoms with van der Waals surface area (Å²) >= 11 is 0. The topological polar surface area (TPSA) is 38.8 Å². The Bertz CT molecular complexity index is 838. The Morgan fingerprint density at radius 1 is 1.04 bits per heavy atom. The lowest BCUT2D eigenvalue weighted by atomic mass is 10.1. The maximum absolute atomic E-state index is 12.4. The minimum atomic E-state index is 0.0583. The molecule has 4 rings (SSSR count). The second kappa shape index (κ2) is 7.87. The summed E-state index contributed by atoms with van der Waals surface area (Å²) < 4.78 is 11.7. The van der Waals surface area contributed by atoms with Gasteiger partial charge in [0.1, 0.15) is 0 Å². The van der Waals surface area contributed by atoms with Crippen LogP contribution in [0, 0.1) is 0 Å². The molecule has 0 saturated heterocycles. The summed E-state index contributed by atoms with van der Waals surface area (Å²) in [6.07, 6.45) is 6.65. The minimum Gasteiger partial charge on any atom is -0.493 e. The molecule has 0 atom stereocenters. The average molecular weight is 363 g/mol. The summed E-state index contributed by atoms with van der Waals surface area (Å²) in [6, 6.07) is 16.0. The first-order chi connectivity index (χ1) is 13.2. The van der Waals surface area contributed by atoms with Crippen LogP contribution < -0.4 is 9.47 Å². The van der Waals surface area contributed by atoms with E-state index in [2.05, 4.69) is 0 Å². The van der Waals surface area contributed by atoms with Crippen molar-refractivity contribution in [2.24, 2.45) is 0 Å². The Labute approximate surface area is 160 Å². The Kier molecular flexibility index (Phi) is 5.14. The quantitative estimate of drug-likeness (QED) is 0.761. The van der Waals surface area contributed by atoms with Gasteiger partial charge in [-0.25, -0.2) is 0 Å². The third-order valence-electron chi connectivity index (χ3n) is 5.32. The molecule has 1 aliphatic carbocycles. The first-order valence-corrected chi connectivity index (χ1v) is 9.61. The molecule has 0 N–H and O–H groups in total. The number of hydrogen-bond donors (Lipinski definition) is 0. The summed E-state index contributed by atoms with van der Waals surface area (Å²) in [5, 5.41) is 0. The van der Waals surface area contributed by atoms with Crippen molar-refractivity contribution in [3.63, 3.8) is 0 Å². The van der Waals surface area contributed by atoms with Crippen LogP contribution >= 0.6 is 0 Å². The molecule has 1 heterocycles. The van der Waals surface area contributed by atoms with E-state index in [4.69, 9.17) is 9.47 Å². The Balaban J connectivity index is 1.51. The molecular weight excluding hydrogens is 338 g/mol. The maximum Gasteiger partial charge on any atom is 0.247 e. The molecule has 0 bridgehead atoms. The molecule has 1 amide bonds. The number of amides is 1. The van der Waals surface area contributed by atoms with Crippen LogP contribution in [0.3, 0.4) is 0 Å². The normalized spacial score (nSPS) is 17.3. The van der Waals surface area contributed by atoms with Gasteiger partial charge in [0.25, 0.3) is 0 Å². The van der Waals surface area contributed by atoms with Gasteiger partial charge in [-0.05, 0) is 54.5 Å². The fourth-order valence-corrected chi connectivity index (χ4v) is 3.84. The van der Waals surface area contributed by atoms with Gasteiger partial charge >= 0.3 is 0 Å². The molecule has 0 spiro atoms. The van der Waals surface area contributed by atoms with Gasteiger partial charge in [-0.1, -0.05) is 36.4 Å². The lowest BCUT2D eigenvalue weighted by Gasteiger charge is -2.18. The van der Waals surface area contributed by atoms with E-state index in [9.17, 15) is 4.79 Å². The second-order valence-corrected chi connectivity index (χ2v) is 7.24. The van der Waals surface area contributed by atoms with Gasteiger partial charge in [-0.2, -0.15) is 0 Å². The van der Waals surface area contributed by atoms with E-state index in [1.807, 2.05) is 53.4 Å². The smallest absolute Gasteiger partial charge is 0.247 e. The summed E-state index contributed by atoms with van der Waals surface area (Å²) in [4.78, 5) is 14.3. The highest BCUT2D eigenvalue weighted by Crippen LogP contribution is 2.35. The fraction of sp³-hybridized carbons (Fsp3) is 0.348. The van der Waals surface area contributed by atoms with E-state index in [0.29, 0.717) is 13.1 Å². The van der Waals surface area contributed by atoms with Gasteiger partial charge < -0.3 is 14.4 Å². The average Bonchev–Trinajstić information content (AvgIpc) is 3.33. The van der Waals surface area contributed by atoms with Crippen LogP contribution in [0.2, 0.25) is 0 Å². The van der Waals surface area contributed by atoms with Crippen LogP contribution in [0.1, 0.15) is 36.8 Å². The first kappa shape index (κ1) is 17.7. The van der Waals surface area contributed by atoms with Crippen LogP contribution in [-0.2, 0) is 11.3 Å². The molecule has 1 saturated carbocycles. The molecule has 4 heteroatoms. The standard InChI is InChI=1S/C23H25NO3/c1-26-21-12-11-18(13-22(21)27-20-9-5-6-10-20)19-14-23(25)24(16-19)15-17-7-3-2-4-8-17/h2-4,7-8,11-14,20H,5-6,9-10,15-16H2,1H3. The van der Waals surface area contributed by atoms with Crippen molar-refractivity contribution >= 4 is 11.5 Å². The molecule has 0 aromatic heterocycles. The van der Waals surface area contributed by atoms with Crippen molar-refractivity contribution in [2.45, 2.75) is 38.3 Å². The molecule has 4 nitrogen and oxygen atoms in total. The van der Waals surface area contributed by atoms with Crippen LogP contribution in [0.4, 0.5) is 0 Å². The molecule has 27 heavy (non-hydrogen) atoms. The van der Waals surface area contributed by atoms with Gasteiger partial charge in [-0.3, -0.25) is 4.79 Å². The predicted molar refractivity (Wildman–Crippen MR) is 106 cm³/mol. The number of carbonyl (C=O) groups excluding carboxylic acids is 1. The highest BCUT2D eigenvalue weighted by molar-refractivity contribution is 6.00. The van der Waals surface area contributed by atoms with Gasteiger partial charge in [0.15, 0.2) is 11.5 Å². The van der Waals surface area contributed by atoms with Crippen LogP contribution in [0.25, 0.3) is 5.57 Å². The van der Waals surface area contributed by atoms with E-state index >= 15 is 0 Å². The highest BCUT2D eigenvalue weighted by Gasteiger charge is 2.24. The van der Waals surface area contributed by atoms with Crippen molar-refractivity contribution in [3.05, 3.63) is 65.7 Å². The first-order valence-electron chi connectivity index (χ1n) is 9.61. The lowest BCUT2D eigenvalue weighted by molar-refractivity contribution is -0.125. The summed E-state index contributed by atoms with van der Waals surface area (Å²) in [5.74, 6) is 1.58. The number of carbonyl (C=O) groups is 1. The number of benzene rings is 2. The number of methoxy groups -OCH3 is 1. The number of ether oxygens (including phenoxy) is 2. The summed E-state index contributed by atoms with van der Waals surface area (Å²) in [6.45, 7) is 1.24. The van der Waals surface area contributed by atoms with Crippen molar-refractivity contribution in [1.29, 1.82) is 0 Å². The maximum atomic E-state index is 12.4. The largest absolute Gasteiger partial charge is 0.493 e. The molecular formula is C23H25NO3. The summed E-state index contributed by atoms with van der Waals surface area (Å²) in [5.41, 5.74) is 3.18. The zero-order valence-electron chi connectivity index (χ0n) is 15.7. The van der Waals surface area contributed by atoms with Crippen molar-refractivity contribution in [2.75, 3.05) is 13.7 Å². The van der Waals surface area contributed by atoms with E-state index in [1.54, 1.807) is 13.2 Å². The molecule has 140 valence electrons.